The fraction of sp³-hybridized carbons (Fsp3) is 0.522. The Hall–Kier alpha value is -2.67. The first kappa shape index (κ1) is 20.6. The third-order valence-corrected chi connectivity index (χ3v) is 6.27. The van der Waals surface area contributed by atoms with E-state index in [1.54, 1.807) is 6.07 Å². The average molecular weight is 410 g/mol. The molecule has 0 spiro atoms. The molecule has 0 bridgehead atoms. The maximum atomic E-state index is 12.5. The number of amides is 2. The second-order valence-electron chi connectivity index (χ2n) is 8.44. The van der Waals surface area contributed by atoms with Crippen molar-refractivity contribution in [1.29, 1.82) is 0 Å². The molecule has 7 heteroatoms. The highest BCUT2D eigenvalue weighted by atomic mass is 16.2. The Morgan fingerprint density at radius 3 is 2.50 bits per heavy atom. The van der Waals surface area contributed by atoms with Crippen molar-refractivity contribution in [1.82, 2.24) is 25.3 Å². The number of nitrogens with one attached hydrogen (secondary N) is 2. The Bertz CT molecular complexity index is 862. The van der Waals surface area contributed by atoms with E-state index in [0.29, 0.717) is 18.1 Å². The maximum absolute atomic E-state index is 12.5. The van der Waals surface area contributed by atoms with Crippen molar-refractivity contribution in [3.05, 3.63) is 41.6 Å². The van der Waals surface area contributed by atoms with Crippen molar-refractivity contribution in [3.63, 3.8) is 0 Å². The van der Waals surface area contributed by atoms with Gasteiger partial charge in [0, 0.05) is 50.7 Å². The van der Waals surface area contributed by atoms with Crippen LogP contribution in [0.3, 0.4) is 0 Å². The van der Waals surface area contributed by atoms with E-state index >= 15 is 0 Å². The van der Waals surface area contributed by atoms with Gasteiger partial charge in [0.15, 0.2) is 0 Å². The SMILES string of the molecule is Cc1ccc(-c2cc(C(=O)NCCN3CCN(C(=O)C4CCCC4)CC3)[nH]n2)cc1. The van der Waals surface area contributed by atoms with Crippen molar-refractivity contribution in [2.24, 2.45) is 5.92 Å². The third kappa shape index (κ3) is 4.90. The number of benzene rings is 1. The van der Waals surface area contributed by atoms with Gasteiger partial charge in [-0.05, 0) is 25.8 Å². The van der Waals surface area contributed by atoms with Gasteiger partial charge in [-0.3, -0.25) is 19.6 Å². The summed E-state index contributed by atoms with van der Waals surface area (Å²) in [4.78, 5) is 29.3. The van der Waals surface area contributed by atoms with Gasteiger partial charge in [-0.15, -0.1) is 0 Å². The van der Waals surface area contributed by atoms with Gasteiger partial charge in [0.1, 0.15) is 5.69 Å². The molecule has 7 nitrogen and oxygen atoms in total. The van der Waals surface area contributed by atoms with E-state index < -0.39 is 0 Å². The molecule has 2 amide bonds. The third-order valence-electron chi connectivity index (χ3n) is 6.27. The monoisotopic (exact) mass is 409 g/mol. The summed E-state index contributed by atoms with van der Waals surface area (Å²) in [6.07, 6.45) is 4.51. The van der Waals surface area contributed by atoms with Crippen LogP contribution in [-0.2, 0) is 4.79 Å². The number of rotatable bonds is 6. The van der Waals surface area contributed by atoms with Crippen LogP contribution >= 0.6 is 0 Å². The molecule has 1 aliphatic heterocycles. The van der Waals surface area contributed by atoms with Crippen LogP contribution in [0.5, 0.6) is 0 Å². The van der Waals surface area contributed by atoms with Crippen molar-refractivity contribution >= 4 is 11.8 Å². The summed E-state index contributed by atoms with van der Waals surface area (Å²) in [6, 6.07) is 9.86. The molecule has 30 heavy (non-hydrogen) atoms. The Labute approximate surface area is 177 Å². The van der Waals surface area contributed by atoms with Crippen molar-refractivity contribution in [3.8, 4) is 11.3 Å². The number of H-pyrrole nitrogens is 1. The first-order valence-corrected chi connectivity index (χ1v) is 11.0. The van der Waals surface area contributed by atoms with Crippen LogP contribution in [0.25, 0.3) is 11.3 Å². The zero-order valence-electron chi connectivity index (χ0n) is 17.7. The minimum atomic E-state index is -0.143. The summed E-state index contributed by atoms with van der Waals surface area (Å²) in [5.41, 5.74) is 3.41. The second-order valence-corrected chi connectivity index (χ2v) is 8.44. The van der Waals surface area contributed by atoms with Crippen LogP contribution in [0.4, 0.5) is 0 Å². The van der Waals surface area contributed by atoms with Gasteiger partial charge in [0.05, 0.1) is 5.69 Å². The number of hydrogen-bond donors (Lipinski definition) is 2. The van der Waals surface area contributed by atoms with Crippen LogP contribution in [0, 0.1) is 12.8 Å². The fourth-order valence-corrected chi connectivity index (χ4v) is 4.36. The molecule has 2 fully saturated rings. The molecule has 1 aromatic carbocycles. The summed E-state index contributed by atoms with van der Waals surface area (Å²) < 4.78 is 0. The predicted molar refractivity (Wildman–Crippen MR) is 116 cm³/mol. The van der Waals surface area contributed by atoms with Crippen LogP contribution < -0.4 is 5.32 Å². The van der Waals surface area contributed by atoms with Gasteiger partial charge in [0.25, 0.3) is 5.91 Å². The lowest BCUT2D eigenvalue weighted by Crippen LogP contribution is -2.51. The minimum absolute atomic E-state index is 0.143. The highest BCUT2D eigenvalue weighted by Crippen LogP contribution is 2.26. The molecule has 0 atom stereocenters. The first-order valence-electron chi connectivity index (χ1n) is 11.0. The Balaban J connectivity index is 1.19. The summed E-state index contributed by atoms with van der Waals surface area (Å²) in [5, 5.41) is 10.1. The second kappa shape index (κ2) is 9.43. The zero-order chi connectivity index (χ0) is 20.9. The van der Waals surface area contributed by atoms with E-state index in [4.69, 9.17) is 0 Å². The fourth-order valence-electron chi connectivity index (χ4n) is 4.36. The number of piperazine rings is 1. The standard InChI is InChI=1S/C23H31N5O2/c1-17-6-8-18(9-7-17)20-16-21(26-25-20)22(29)24-10-11-27-12-14-28(15-13-27)23(30)19-4-2-3-5-19/h6-9,16,19H,2-5,10-15H2,1H3,(H,24,29)(H,25,26). The van der Waals surface area contributed by atoms with E-state index in [2.05, 4.69) is 20.4 Å². The topological polar surface area (TPSA) is 81.3 Å². The predicted octanol–water partition coefficient (Wildman–Crippen LogP) is 2.45. The lowest BCUT2D eigenvalue weighted by molar-refractivity contribution is -0.137. The van der Waals surface area contributed by atoms with Crippen LogP contribution in [0.2, 0.25) is 0 Å². The van der Waals surface area contributed by atoms with Gasteiger partial charge >= 0.3 is 0 Å². The van der Waals surface area contributed by atoms with E-state index in [0.717, 1.165) is 56.8 Å². The van der Waals surface area contributed by atoms with Gasteiger partial charge in [-0.1, -0.05) is 42.7 Å². The molecule has 2 heterocycles. The number of carbonyl (C=O) groups is 2. The number of nitrogens with zero attached hydrogens (tertiary/aromatic N) is 3. The lowest BCUT2D eigenvalue weighted by atomic mass is 10.1. The number of aromatic nitrogens is 2. The maximum Gasteiger partial charge on any atom is 0.269 e. The number of hydrogen-bond acceptors (Lipinski definition) is 4. The minimum Gasteiger partial charge on any atom is -0.349 e. The molecular formula is C23H31N5O2. The van der Waals surface area contributed by atoms with E-state index in [1.807, 2.05) is 36.1 Å². The normalized spacial score (nSPS) is 18.0. The molecule has 1 aliphatic carbocycles. The van der Waals surface area contributed by atoms with Crippen LogP contribution in [-0.4, -0.2) is 71.1 Å². The van der Waals surface area contributed by atoms with Crippen molar-refractivity contribution in [2.45, 2.75) is 32.6 Å². The molecule has 1 saturated carbocycles. The summed E-state index contributed by atoms with van der Waals surface area (Å²) in [5.74, 6) is 0.468. The van der Waals surface area contributed by atoms with Crippen molar-refractivity contribution < 1.29 is 9.59 Å². The molecule has 1 aromatic heterocycles. The summed E-state index contributed by atoms with van der Waals surface area (Å²) in [7, 11) is 0. The Morgan fingerprint density at radius 1 is 1.10 bits per heavy atom. The highest BCUT2D eigenvalue weighted by Gasteiger charge is 2.29. The van der Waals surface area contributed by atoms with Crippen LogP contribution in [0.15, 0.2) is 30.3 Å². The quantitative estimate of drug-likeness (QED) is 0.768. The number of aryl methyl sites for hydroxylation is 1. The molecule has 1 saturated heterocycles. The van der Waals surface area contributed by atoms with E-state index in [-0.39, 0.29) is 11.8 Å². The number of carbonyl (C=O) groups excluding carboxylic acids is 2. The zero-order valence-corrected chi connectivity index (χ0v) is 17.7. The molecule has 4 rings (SSSR count). The largest absolute Gasteiger partial charge is 0.349 e. The lowest BCUT2D eigenvalue weighted by Gasteiger charge is -2.36. The number of aromatic amines is 1. The van der Waals surface area contributed by atoms with Gasteiger partial charge in [-0.25, -0.2) is 0 Å². The molecule has 2 aliphatic rings. The average Bonchev–Trinajstić information content (AvgIpc) is 3.47. The van der Waals surface area contributed by atoms with E-state index in [1.165, 1.54) is 18.4 Å². The van der Waals surface area contributed by atoms with Gasteiger partial charge < -0.3 is 10.2 Å². The molecular weight excluding hydrogens is 378 g/mol. The molecule has 160 valence electrons. The van der Waals surface area contributed by atoms with Crippen molar-refractivity contribution in [2.75, 3.05) is 39.3 Å². The molecule has 0 radical (unpaired) electrons. The van der Waals surface area contributed by atoms with Crippen LogP contribution in [0.1, 0.15) is 41.7 Å². The Kier molecular flexibility index (Phi) is 6.47. The summed E-state index contributed by atoms with van der Waals surface area (Å²) in [6.45, 7) is 6.74. The molecule has 2 N–H and O–H groups in total. The van der Waals surface area contributed by atoms with Gasteiger partial charge in [0.2, 0.25) is 5.91 Å². The summed E-state index contributed by atoms with van der Waals surface area (Å²) >= 11 is 0. The smallest absolute Gasteiger partial charge is 0.269 e. The molecule has 2 aromatic rings. The first-order chi connectivity index (χ1) is 14.6. The van der Waals surface area contributed by atoms with Gasteiger partial charge in [-0.2, -0.15) is 5.10 Å². The Morgan fingerprint density at radius 2 is 1.80 bits per heavy atom. The molecule has 0 unspecified atom stereocenters. The highest BCUT2D eigenvalue weighted by molar-refractivity contribution is 5.93. The van der Waals surface area contributed by atoms with E-state index in [9.17, 15) is 9.59 Å².